The van der Waals surface area contributed by atoms with Gasteiger partial charge in [0.1, 0.15) is 0 Å². The first-order chi connectivity index (χ1) is 13.4. The maximum atomic E-state index is 12.4. The Bertz CT molecular complexity index is 745. The minimum atomic E-state index is -0.620. The molecule has 28 heavy (non-hydrogen) atoms. The lowest BCUT2D eigenvalue weighted by molar-refractivity contribution is 0.0915. The molecule has 6 nitrogen and oxygen atoms in total. The van der Waals surface area contributed by atoms with Crippen molar-refractivity contribution in [3.63, 3.8) is 0 Å². The monoisotopic (exact) mass is 420 g/mol. The summed E-state index contributed by atoms with van der Waals surface area (Å²) >= 11 is 0. The highest BCUT2D eigenvalue weighted by atomic mass is 33.1. The van der Waals surface area contributed by atoms with Crippen LogP contribution in [0.4, 0.5) is 0 Å². The van der Waals surface area contributed by atoms with Gasteiger partial charge in [0, 0.05) is 22.9 Å². The normalized spacial score (nSPS) is 12.9. The molecule has 4 N–H and O–H groups in total. The number of rotatable bonds is 9. The fourth-order valence-corrected chi connectivity index (χ4v) is 4.57. The van der Waals surface area contributed by atoms with Crippen molar-refractivity contribution in [3.05, 3.63) is 59.7 Å². The van der Waals surface area contributed by atoms with Crippen LogP contribution in [0, 0.1) is 0 Å². The number of benzene rings is 2. The van der Waals surface area contributed by atoms with Crippen molar-refractivity contribution < 1.29 is 19.8 Å². The van der Waals surface area contributed by atoms with E-state index in [1.165, 1.54) is 21.6 Å². The number of nitrogens with one attached hydrogen (secondary N) is 2. The van der Waals surface area contributed by atoms with Crippen LogP contribution in [0.5, 0.6) is 0 Å². The smallest absolute Gasteiger partial charge is 0.252 e. The number of aliphatic hydroxyl groups is 2. The summed E-state index contributed by atoms with van der Waals surface area (Å²) in [6.07, 6.45) is -1.24. The molecule has 2 atom stereocenters. The molecule has 0 bridgehead atoms. The van der Waals surface area contributed by atoms with Crippen molar-refractivity contribution in [1.82, 2.24) is 10.6 Å². The van der Waals surface area contributed by atoms with Crippen molar-refractivity contribution in [2.24, 2.45) is 0 Å². The van der Waals surface area contributed by atoms with Crippen molar-refractivity contribution >= 4 is 33.4 Å². The van der Waals surface area contributed by atoms with E-state index in [0.29, 0.717) is 11.1 Å². The van der Waals surface area contributed by atoms with E-state index in [9.17, 15) is 19.8 Å². The SMILES string of the molecule is C[C@H](O)CNC(=O)c1ccccc1SSc1ccccc1C(=O)NC[C@H](C)O. The van der Waals surface area contributed by atoms with Gasteiger partial charge >= 0.3 is 0 Å². The van der Waals surface area contributed by atoms with Crippen LogP contribution in [0.15, 0.2) is 58.3 Å². The molecule has 8 heteroatoms. The molecule has 0 saturated carbocycles. The molecule has 0 radical (unpaired) electrons. The number of carbonyl (C=O) groups is 2. The van der Waals surface area contributed by atoms with E-state index in [4.69, 9.17) is 0 Å². The molecule has 150 valence electrons. The molecule has 2 rings (SSSR count). The van der Waals surface area contributed by atoms with E-state index in [-0.39, 0.29) is 24.9 Å². The van der Waals surface area contributed by atoms with E-state index in [0.717, 1.165) is 9.79 Å². The van der Waals surface area contributed by atoms with Gasteiger partial charge in [-0.3, -0.25) is 9.59 Å². The summed E-state index contributed by atoms with van der Waals surface area (Å²) in [4.78, 5) is 26.3. The minimum Gasteiger partial charge on any atom is -0.392 e. The molecule has 0 saturated heterocycles. The summed E-state index contributed by atoms with van der Waals surface area (Å²) in [5.41, 5.74) is 1.02. The van der Waals surface area contributed by atoms with Crippen molar-refractivity contribution in [2.75, 3.05) is 13.1 Å². The van der Waals surface area contributed by atoms with Gasteiger partial charge in [0.15, 0.2) is 0 Å². The molecular formula is C20H24N2O4S2. The first kappa shape index (κ1) is 22.3. The molecule has 0 unspecified atom stereocenters. The summed E-state index contributed by atoms with van der Waals surface area (Å²) in [5, 5.41) is 24.1. The summed E-state index contributed by atoms with van der Waals surface area (Å²) < 4.78 is 0. The summed E-state index contributed by atoms with van der Waals surface area (Å²) in [7, 11) is 2.77. The maximum absolute atomic E-state index is 12.4. The van der Waals surface area contributed by atoms with Gasteiger partial charge < -0.3 is 20.8 Å². The summed E-state index contributed by atoms with van der Waals surface area (Å²) in [5.74, 6) is -0.514. The third-order valence-electron chi connectivity index (χ3n) is 3.60. The van der Waals surface area contributed by atoms with Gasteiger partial charge in [-0.1, -0.05) is 45.9 Å². The Labute approximate surface area is 172 Å². The predicted molar refractivity (Wildman–Crippen MR) is 113 cm³/mol. The Kier molecular flexibility index (Phi) is 8.85. The lowest BCUT2D eigenvalue weighted by Crippen LogP contribution is -2.30. The van der Waals surface area contributed by atoms with E-state index in [1.807, 2.05) is 24.3 Å². The van der Waals surface area contributed by atoms with E-state index >= 15 is 0 Å². The summed E-state index contributed by atoms with van der Waals surface area (Å²) in [6.45, 7) is 3.57. The van der Waals surface area contributed by atoms with Gasteiger partial charge in [-0.2, -0.15) is 0 Å². The second kappa shape index (κ2) is 11.1. The Morgan fingerprint density at radius 2 is 1.14 bits per heavy atom. The fraction of sp³-hybridized carbons (Fsp3) is 0.300. The molecule has 0 heterocycles. The molecule has 0 aliphatic heterocycles. The lowest BCUT2D eigenvalue weighted by atomic mass is 10.2. The lowest BCUT2D eigenvalue weighted by Gasteiger charge is -2.12. The van der Waals surface area contributed by atoms with Crippen LogP contribution in [-0.4, -0.2) is 47.3 Å². The molecule has 0 spiro atoms. The van der Waals surface area contributed by atoms with Gasteiger partial charge in [-0.05, 0) is 38.1 Å². The first-order valence-corrected chi connectivity index (χ1v) is 11.0. The van der Waals surface area contributed by atoms with Gasteiger partial charge in [0.25, 0.3) is 11.8 Å². The molecule has 0 aromatic heterocycles. The van der Waals surface area contributed by atoms with Crippen molar-refractivity contribution in [3.8, 4) is 0 Å². The molecule has 2 aromatic rings. The van der Waals surface area contributed by atoms with Crippen LogP contribution >= 0.6 is 21.6 Å². The number of carbonyl (C=O) groups excluding carboxylic acids is 2. The van der Waals surface area contributed by atoms with Crippen molar-refractivity contribution in [2.45, 2.75) is 35.8 Å². The highest BCUT2D eigenvalue weighted by Gasteiger charge is 2.15. The maximum Gasteiger partial charge on any atom is 0.252 e. The Morgan fingerprint density at radius 1 is 0.786 bits per heavy atom. The van der Waals surface area contributed by atoms with Crippen LogP contribution < -0.4 is 10.6 Å². The van der Waals surface area contributed by atoms with Gasteiger partial charge in [-0.25, -0.2) is 0 Å². The third kappa shape index (κ3) is 6.87. The van der Waals surface area contributed by atoms with Gasteiger partial charge in [0.2, 0.25) is 0 Å². The molecule has 0 aliphatic rings. The molecule has 0 fully saturated rings. The second-order valence-corrected chi connectivity index (χ2v) is 8.49. The van der Waals surface area contributed by atoms with Gasteiger partial charge in [-0.15, -0.1) is 0 Å². The summed E-state index contributed by atoms with van der Waals surface area (Å²) in [6, 6.07) is 14.4. The zero-order valence-electron chi connectivity index (χ0n) is 15.7. The average Bonchev–Trinajstić information content (AvgIpc) is 2.69. The zero-order valence-corrected chi connectivity index (χ0v) is 17.3. The predicted octanol–water partition coefficient (Wildman–Crippen LogP) is 2.71. The fourth-order valence-electron chi connectivity index (χ4n) is 2.21. The van der Waals surface area contributed by atoms with Gasteiger partial charge in [0.05, 0.1) is 23.3 Å². The second-order valence-electron chi connectivity index (χ2n) is 6.28. The molecule has 0 aliphatic carbocycles. The van der Waals surface area contributed by atoms with Crippen molar-refractivity contribution in [1.29, 1.82) is 0 Å². The van der Waals surface area contributed by atoms with Crippen LogP contribution in [0.3, 0.4) is 0 Å². The third-order valence-corrected chi connectivity index (χ3v) is 6.08. The van der Waals surface area contributed by atoms with Crippen LogP contribution in [-0.2, 0) is 0 Å². The number of amides is 2. The standard InChI is InChI=1S/C20H24N2O4S2/c1-13(23)11-21-19(25)15-7-3-5-9-17(15)27-28-18-10-6-4-8-16(18)20(26)22-12-14(2)24/h3-10,13-14,23-24H,11-12H2,1-2H3,(H,21,25)(H,22,26)/t13-,14-/m0/s1. The van der Waals surface area contributed by atoms with E-state index < -0.39 is 12.2 Å². The van der Waals surface area contributed by atoms with E-state index in [2.05, 4.69) is 10.6 Å². The topological polar surface area (TPSA) is 98.7 Å². The van der Waals surface area contributed by atoms with Crippen LogP contribution in [0.25, 0.3) is 0 Å². The Balaban J connectivity index is 2.11. The molecule has 2 amide bonds. The Hall–Kier alpha value is -2.00. The quantitative estimate of drug-likeness (QED) is 0.466. The minimum absolute atomic E-state index is 0.178. The van der Waals surface area contributed by atoms with Crippen LogP contribution in [0.2, 0.25) is 0 Å². The largest absolute Gasteiger partial charge is 0.392 e. The number of hydrogen-bond donors (Lipinski definition) is 4. The highest BCUT2D eigenvalue weighted by Crippen LogP contribution is 2.40. The highest BCUT2D eigenvalue weighted by molar-refractivity contribution is 8.76. The van der Waals surface area contributed by atoms with Crippen LogP contribution in [0.1, 0.15) is 34.6 Å². The zero-order chi connectivity index (χ0) is 20.5. The molecule has 2 aromatic carbocycles. The van der Waals surface area contributed by atoms with E-state index in [1.54, 1.807) is 38.1 Å². The average molecular weight is 421 g/mol. The number of aliphatic hydroxyl groups excluding tert-OH is 2. The first-order valence-electron chi connectivity index (χ1n) is 8.83. The Morgan fingerprint density at radius 3 is 1.50 bits per heavy atom. The number of hydrogen-bond acceptors (Lipinski definition) is 6. The molecular weight excluding hydrogens is 396 g/mol.